The summed E-state index contributed by atoms with van der Waals surface area (Å²) in [7, 11) is 1.67. The van der Waals surface area contributed by atoms with Gasteiger partial charge in [0, 0.05) is 30.3 Å². The second-order valence-electron chi connectivity index (χ2n) is 8.88. The molecule has 1 fully saturated rings. The molecule has 0 spiro atoms. The Labute approximate surface area is 204 Å². The van der Waals surface area contributed by atoms with E-state index in [4.69, 9.17) is 0 Å². The summed E-state index contributed by atoms with van der Waals surface area (Å²) in [5, 5.41) is 16.3. The summed E-state index contributed by atoms with van der Waals surface area (Å²) in [5.74, 6) is -0.732. The first-order valence-corrected chi connectivity index (χ1v) is 11.9. The fourth-order valence-electron chi connectivity index (χ4n) is 4.13. The molecule has 186 valence electrons. The Bertz CT molecular complexity index is 1330. The molecule has 0 bridgehead atoms. The highest BCUT2D eigenvalue weighted by molar-refractivity contribution is 6.03. The fourth-order valence-corrected chi connectivity index (χ4v) is 4.13. The number of halogens is 1. The second kappa shape index (κ2) is 10.8. The van der Waals surface area contributed by atoms with E-state index in [1.165, 1.54) is 4.57 Å². The van der Waals surface area contributed by atoms with Crippen LogP contribution in [0.1, 0.15) is 59.4 Å². The van der Waals surface area contributed by atoms with Crippen molar-refractivity contribution in [2.75, 3.05) is 5.32 Å². The average Bonchev–Trinajstić information content (AvgIpc) is 3.59. The Morgan fingerprint density at radius 3 is 2.54 bits per heavy atom. The van der Waals surface area contributed by atoms with E-state index in [9.17, 15) is 19.2 Å². The lowest BCUT2D eigenvalue weighted by molar-refractivity contribution is -0.117. The summed E-state index contributed by atoms with van der Waals surface area (Å²) in [4.78, 5) is 29.7. The van der Waals surface area contributed by atoms with Crippen molar-refractivity contribution in [3.05, 3.63) is 63.1 Å². The normalized spacial score (nSPS) is 19.6. The third-order valence-electron chi connectivity index (χ3n) is 6.53. The van der Waals surface area contributed by atoms with E-state index in [0.29, 0.717) is 23.2 Å². The van der Waals surface area contributed by atoms with Crippen LogP contribution in [0, 0.1) is 5.92 Å². The molecule has 2 N–H and O–H groups in total. The van der Waals surface area contributed by atoms with Gasteiger partial charge in [0.1, 0.15) is 12.0 Å². The number of alkyl halides is 1. The zero-order valence-corrected chi connectivity index (χ0v) is 21.1. The molecule has 0 aromatic carbocycles. The monoisotopic (exact) mass is 480 g/mol. The molecule has 8 heteroatoms. The van der Waals surface area contributed by atoms with Crippen molar-refractivity contribution >= 4 is 33.9 Å². The lowest BCUT2D eigenvalue weighted by atomic mass is 9.93. The predicted octanol–water partition coefficient (Wildman–Crippen LogP) is 5.55. The van der Waals surface area contributed by atoms with Crippen LogP contribution in [0.3, 0.4) is 0 Å². The Hall–Kier alpha value is -3.55. The summed E-state index contributed by atoms with van der Waals surface area (Å²) in [6.07, 6.45) is 5.97. The van der Waals surface area contributed by atoms with Crippen LogP contribution in [0.5, 0.6) is 0 Å². The number of nitrogens with one attached hydrogen (secondary N) is 1. The van der Waals surface area contributed by atoms with Crippen LogP contribution in [-0.2, 0) is 11.8 Å². The first-order valence-electron chi connectivity index (χ1n) is 11.9. The second-order valence-corrected chi connectivity index (χ2v) is 8.88. The van der Waals surface area contributed by atoms with Crippen molar-refractivity contribution in [1.29, 1.82) is 0 Å². The van der Waals surface area contributed by atoms with Crippen LogP contribution in [-0.4, -0.2) is 32.5 Å². The highest BCUT2D eigenvalue weighted by Gasteiger charge is 2.43. The van der Waals surface area contributed by atoms with Crippen LogP contribution >= 0.6 is 0 Å². The highest BCUT2D eigenvalue weighted by Crippen LogP contribution is 2.34. The van der Waals surface area contributed by atoms with E-state index in [1.54, 1.807) is 25.4 Å². The number of hydrogen-bond donors (Lipinski definition) is 2. The molecule has 7 nitrogen and oxygen atoms in total. The zero-order chi connectivity index (χ0) is 25.9. The van der Waals surface area contributed by atoms with Crippen molar-refractivity contribution in [1.82, 2.24) is 9.55 Å². The number of anilines is 1. The molecule has 2 heterocycles. The van der Waals surface area contributed by atoms with E-state index >= 15 is 0 Å². The highest BCUT2D eigenvalue weighted by atomic mass is 19.1. The molecular formula is C27H33FN4O3. The number of rotatable bonds is 8. The van der Waals surface area contributed by atoms with Gasteiger partial charge in [-0.3, -0.25) is 9.59 Å². The Morgan fingerprint density at radius 1 is 1.31 bits per heavy atom. The first kappa shape index (κ1) is 26.1. The van der Waals surface area contributed by atoms with Gasteiger partial charge < -0.3 is 15.1 Å². The van der Waals surface area contributed by atoms with Gasteiger partial charge in [-0.05, 0) is 68.9 Å². The quantitative estimate of drug-likeness (QED) is 0.224. The summed E-state index contributed by atoms with van der Waals surface area (Å²) in [6, 6.07) is 3.42. The molecule has 35 heavy (non-hydrogen) atoms. The van der Waals surface area contributed by atoms with Gasteiger partial charge in [-0.15, -0.1) is 0 Å². The standard InChI is InChI=1S/C27H33FN4O3/c1-7-15(4)19(23(9-3)31-35)10-16(5)18(8-2)20-11-17-14-29-25(13-24(17)32(6)27(20)34)30-26(33)21-12-22(21)28/h8,10-11,13-14,21-22,35H,7,9,12H2,1-6H3,(H,29,30,33)/b16-10-,18-8+,19-15-,31-23-/t21-,22?/m0/s1. The number of hydrogen-bond acceptors (Lipinski definition) is 5. The summed E-state index contributed by atoms with van der Waals surface area (Å²) < 4.78 is 14.7. The molecule has 3 rings (SSSR count). The number of carbonyl (C=O) groups is 1. The topological polar surface area (TPSA) is 96.6 Å². The SMILES string of the molecule is C\C=C(/C(C)=C\C(C(\CC)=N/O)=C(/C)CC)c1cc2cnc(NC(=O)[C@H]3CC3F)cc2n(C)c1=O. The number of aryl methyl sites for hydroxylation is 1. The predicted molar refractivity (Wildman–Crippen MR) is 139 cm³/mol. The fraction of sp³-hybridized carbons (Fsp3) is 0.407. The number of fused-ring (bicyclic) bond motifs is 1. The molecule has 2 aromatic heterocycles. The van der Waals surface area contributed by atoms with E-state index in [2.05, 4.69) is 15.5 Å². The molecule has 1 amide bonds. The van der Waals surface area contributed by atoms with Crippen molar-refractivity contribution in [2.24, 2.45) is 18.1 Å². The van der Waals surface area contributed by atoms with Crippen molar-refractivity contribution in [3.8, 4) is 0 Å². The zero-order valence-electron chi connectivity index (χ0n) is 21.1. The Morgan fingerprint density at radius 2 is 2.00 bits per heavy atom. The van der Waals surface area contributed by atoms with Gasteiger partial charge in [0.15, 0.2) is 0 Å². The molecule has 1 saturated carbocycles. The Balaban J connectivity index is 2.04. The molecule has 1 aliphatic rings. The summed E-state index contributed by atoms with van der Waals surface area (Å²) in [5.41, 5.74) is 5.10. The first-order chi connectivity index (χ1) is 16.7. The summed E-state index contributed by atoms with van der Waals surface area (Å²) in [6.45, 7) is 9.78. The molecule has 1 aliphatic carbocycles. The van der Waals surface area contributed by atoms with E-state index in [1.807, 2.05) is 46.8 Å². The molecule has 1 unspecified atom stereocenters. The number of oxime groups is 1. The maximum absolute atomic E-state index is 13.4. The summed E-state index contributed by atoms with van der Waals surface area (Å²) >= 11 is 0. The average molecular weight is 481 g/mol. The third kappa shape index (κ3) is 5.42. The van der Waals surface area contributed by atoms with Crippen LogP contribution in [0.25, 0.3) is 16.5 Å². The van der Waals surface area contributed by atoms with Crippen LogP contribution in [0.2, 0.25) is 0 Å². The largest absolute Gasteiger partial charge is 0.411 e. The number of carbonyl (C=O) groups excluding carboxylic acids is 1. The molecule has 2 aromatic rings. The van der Waals surface area contributed by atoms with Gasteiger partial charge in [-0.2, -0.15) is 0 Å². The minimum Gasteiger partial charge on any atom is -0.411 e. The molecular weight excluding hydrogens is 447 g/mol. The van der Waals surface area contributed by atoms with Gasteiger partial charge in [0.25, 0.3) is 5.56 Å². The van der Waals surface area contributed by atoms with Crippen LogP contribution in [0.15, 0.2) is 57.2 Å². The minimum absolute atomic E-state index is 0.197. The van der Waals surface area contributed by atoms with Crippen molar-refractivity contribution < 1.29 is 14.4 Å². The lowest BCUT2D eigenvalue weighted by Crippen LogP contribution is -2.22. The molecule has 0 saturated heterocycles. The van der Waals surface area contributed by atoms with Gasteiger partial charge in [-0.1, -0.05) is 30.7 Å². The number of allylic oxidation sites excluding steroid dienone is 6. The number of nitrogens with zero attached hydrogens (tertiary/aromatic N) is 3. The number of aromatic nitrogens is 2. The number of amides is 1. The smallest absolute Gasteiger partial charge is 0.258 e. The van der Waals surface area contributed by atoms with Crippen molar-refractivity contribution in [2.45, 2.75) is 60.1 Å². The maximum Gasteiger partial charge on any atom is 0.258 e. The van der Waals surface area contributed by atoms with E-state index < -0.39 is 18.0 Å². The third-order valence-corrected chi connectivity index (χ3v) is 6.53. The maximum atomic E-state index is 13.4. The van der Waals surface area contributed by atoms with Gasteiger partial charge in [0.05, 0.1) is 17.1 Å². The van der Waals surface area contributed by atoms with Gasteiger partial charge in [-0.25, -0.2) is 9.37 Å². The molecule has 0 aliphatic heterocycles. The van der Waals surface area contributed by atoms with E-state index in [-0.39, 0.29) is 17.8 Å². The van der Waals surface area contributed by atoms with Gasteiger partial charge in [0.2, 0.25) is 5.91 Å². The lowest BCUT2D eigenvalue weighted by Gasteiger charge is -2.15. The minimum atomic E-state index is -1.09. The Kier molecular flexibility index (Phi) is 8.04. The van der Waals surface area contributed by atoms with Crippen molar-refractivity contribution in [3.63, 3.8) is 0 Å². The van der Waals surface area contributed by atoms with E-state index in [0.717, 1.165) is 34.1 Å². The van der Waals surface area contributed by atoms with Gasteiger partial charge >= 0.3 is 0 Å². The number of pyridine rings is 2. The molecule has 0 radical (unpaired) electrons. The van der Waals surface area contributed by atoms with Crippen LogP contribution in [0.4, 0.5) is 10.2 Å². The van der Waals surface area contributed by atoms with Crippen LogP contribution < -0.4 is 10.9 Å². The molecule has 2 atom stereocenters.